The molecule has 0 aromatic carbocycles. The highest BCUT2D eigenvalue weighted by atomic mass is 35.5. The van der Waals surface area contributed by atoms with Crippen LogP contribution in [0.15, 0.2) is 12.2 Å². The SMILES string of the molecule is [NH]C(=O)CSC/C=C/CCl. The molecule has 10 heavy (non-hydrogen) atoms. The third kappa shape index (κ3) is 7.85. The van der Waals surface area contributed by atoms with Crippen molar-refractivity contribution in [3.8, 4) is 0 Å². The molecular weight excluding hydrogens is 170 g/mol. The second-order valence-electron chi connectivity index (χ2n) is 1.56. The number of thioether (sulfide) groups is 1. The zero-order valence-corrected chi connectivity index (χ0v) is 7.04. The molecule has 4 heteroatoms. The lowest BCUT2D eigenvalue weighted by atomic mass is 10.6. The molecule has 0 aromatic heterocycles. The van der Waals surface area contributed by atoms with Crippen molar-refractivity contribution < 1.29 is 4.79 Å². The van der Waals surface area contributed by atoms with E-state index >= 15 is 0 Å². The lowest BCUT2D eigenvalue weighted by Crippen LogP contribution is -2.00. The van der Waals surface area contributed by atoms with Gasteiger partial charge in [-0.15, -0.1) is 23.4 Å². The second-order valence-corrected chi connectivity index (χ2v) is 2.90. The molecule has 0 unspecified atom stereocenters. The fraction of sp³-hybridized carbons (Fsp3) is 0.500. The van der Waals surface area contributed by atoms with Gasteiger partial charge in [0.2, 0.25) is 5.91 Å². The molecule has 0 aliphatic heterocycles. The van der Waals surface area contributed by atoms with E-state index in [1.165, 1.54) is 11.8 Å². The summed E-state index contributed by atoms with van der Waals surface area (Å²) in [5.74, 6) is 1.02. The molecule has 0 saturated heterocycles. The smallest absolute Gasteiger partial charge is 0.248 e. The van der Waals surface area contributed by atoms with Crippen molar-refractivity contribution in [3.05, 3.63) is 12.2 Å². The Morgan fingerprint density at radius 1 is 1.60 bits per heavy atom. The van der Waals surface area contributed by atoms with Gasteiger partial charge in [0.05, 0.1) is 5.75 Å². The van der Waals surface area contributed by atoms with Crippen molar-refractivity contribution in [2.45, 2.75) is 0 Å². The number of carbonyl (C=O) groups excluding carboxylic acids is 1. The maximum Gasteiger partial charge on any atom is 0.248 e. The van der Waals surface area contributed by atoms with E-state index < -0.39 is 5.91 Å². The molecular formula is C6H9ClNOS. The predicted molar refractivity (Wildman–Crippen MR) is 45.3 cm³/mol. The van der Waals surface area contributed by atoms with E-state index in [0.717, 1.165) is 5.75 Å². The summed E-state index contributed by atoms with van der Waals surface area (Å²) in [5.41, 5.74) is 6.55. The van der Waals surface area contributed by atoms with Crippen molar-refractivity contribution in [2.24, 2.45) is 0 Å². The molecule has 0 rings (SSSR count). The van der Waals surface area contributed by atoms with Crippen LogP contribution in [0.2, 0.25) is 0 Å². The first-order chi connectivity index (χ1) is 4.77. The highest BCUT2D eigenvalue weighted by molar-refractivity contribution is 8.00. The normalized spacial score (nSPS) is 10.5. The fourth-order valence-corrected chi connectivity index (χ4v) is 1.05. The van der Waals surface area contributed by atoms with Gasteiger partial charge in [-0.3, -0.25) is 10.5 Å². The fourth-order valence-electron chi connectivity index (χ4n) is 0.351. The largest absolute Gasteiger partial charge is 0.272 e. The number of alkyl halides is 1. The molecule has 1 N–H and O–H groups in total. The van der Waals surface area contributed by atoms with E-state index in [1.54, 1.807) is 0 Å². The first-order valence-corrected chi connectivity index (χ1v) is 4.49. The average molecular weight is 179 g/mol. The van der Waals surface area contributed by atoms with Gasteiger partial charge in [-0.05, 0) is 0 Å². The number of nitrogens with one attached hydrogen (secondary N) is 1. The number of carbonyl (C=O) groups is 1. The monoisotopic (exact) mass is 178 g/mol. The van der Waals surface area contributed by atoms with Gasteiger partial charge in [0.15, 0.2) is 0 Å². The van der Waals surface area contributed by atoms with E-state index in [0.29, 0.717) is 5.88 Å². The van der Waals surface area contributed by atoms with Gasteiger partial charge in [0.25, 0.3) is 0 Å². The Morgan fingerprint density at radius 2 is 2.30 bits per heavy atom. The minimum absolute atomic E-state index is 0.270. The molecule has 0 aliphatic carbocycles. The van der Waals surface area contributed by atoms with Crippen LogP contribution >= 0.6 is 23.4 Å². The molecule has 2 nitrogen and oxygen atoms in total. The number of allylic oxidation sites excluding steroid dienone is 1. The molecule has 57 valence electrons. The van der Waals surface area contributed by atoms with E-state index in [2.05, 4.69) is 0 Å². The summed E-state index contributed by atoms with van der Waals surface area (Å²) in [4.78, 5) is 10.1. The van der Waals surface area contributed by atoms with Gasteiger partial charge >= 0.3 is 0 Å². The van der Waals surface area contributed by atoms with Gasteiger partial charge < -0.3 is 0 Å². The van der Waals surface area contributed by atoms with Crippen molar-refractivity contribution in [1.29, 1.82) is 0 Å². The van der Waals surface area contributed by atoms with Crippen LogP contribution in [0.3, 0.4) is 0 Å². The molecule has 1 radical (unpaired) electrons. The number of hydrogen-bond acceptors (Lipinski definition) is 2. The topological polar surface area (TPSA) is 40.9 Å². The predicted octanol–water partition coefficient (Wildman–Crippen LogP) is 1.32. The van der Waals surface area contributed by atoms with Crippen LogP contribution in [0.25, 0.3) is 0 Å². The molecule has 0 heterocycles. The Labute approximate surface area is 69.8 Å². The summed E-state index contributed by atoms with van der Waals surface area (Å²) in [6.45, 7) is 0. The number of halogens is 1. The van der Waals surface area contributed by atoms with Gasteiger partial charge in [0, 0.05) is 11.6 Å². The molecule has 0 saturated carbocycles. The first kappa shape index (κ1) is 9.85. The van der Waals surface area contributed by atoms with Gasteiger partial charge in [-0.1, -0.05) is 12.2 Å². The molecule has 1 amide bonds. The lowest BCUT2D eigenvalue weighted by molar-refractivity contribution is -0.116. The van der Waals surface area contributed by atoms with E-state index in [9.17, 15) is 4.79 Å². The van der Waals surface area contributed by atoms with Crippen LogP contribution in [0.1, 0.15) is 0 Å². The zero-order valence-electron chi connectivity index (χ0n) is 5.47. The summed E-state index contributed by atoms with van der Waals surface area (Å²) < 4.78 is 0. The Bertz CT molecular complexity index is 127. The number of amides is 1. The number of rotatable bonds is 5. The molecule has 0 atom stereocenters. The van der Waals surface area contributed by atoms with Gasteiger partial charge in [0.1, 0.15) is 0 Å². The molecule has 0 bridgehead atoms. The molecule has 0 fully saturated rings. The summed E-state index contributed by atoms with van der Waals surface area (Å²) in [6.07, 6.45) is 3.71. The average Bonchev–Trinajstić information content (AvgIpc) is 1.87. The lowest BCUT2D eigenvalue weighted by Gasteiger charge is -1.89. The molecule has 0 spiro atoms. The number of hydrogen-bond donors (Lipinski definition) is 0. The second kappa shape index (κ2) is 6.96. The minimum atomic E-state index is -0.524. The Hall–Kier alpha value is -0.150. The third-order valence-electron chi connectivity index (χ3n) is 0.703. The summed E-state index contributed by atoms with van der Waals surface area (Å²) >= 11 is 6.76. The van der Waals surface area contributed by atoms with Gasteiger partial charge in [-0.2, -0.15) is 0 Å². The quantitative estimate of drug-likeness (QED) is 0.362. The summed E-state index contributed by atoms with van der Waals surface area (Å²) in [5, 5.41) is 0. The van der Waals surface area contributed by atoms with Crippen LogP contribution in [0, 0.1) is 0 Å². The molecule has 0 aromatic rings. The first-order valence-electron chi connectivity index (χ1n) is 2.80. The van der Waals surface area contributed by atoms with Crippen molar-refractivity contribution >= 4 is 29.3 Å². The van der Waals surface area contributed by atoms with Crippen LogP contribution in [-0.2, 0) is 4.79 Å². The van der Waals surface area contributed by atoms with Crippen LogP contribution < -0.4 is 5.73 Å². The van der Waals surface area contributed by atoms with E-state index in [1.807, 2.05) is 12.2 Å². The summed E-state index contributed by atoms with van der Waals surface area (Å²) in [6, 6.07) is 0. The van der Waals surface area contributed by atoms with Gasteiger partial charge in [-0.25, -0.2) is 0 Å². The minimum Gasteiger partial charge on any atom is -0.272 e. The standard InChI is InChI=1S/C6H9ClNOS/c7-3-1-2-4-10-5-6(8)9/h1-2,8H,3-5H2/b2-1+. The van der Waals surface area contributed by atoms with Crippen LogP contribution in [-0.4, -0.2) is 23.3 Å². The van der Waals surface area contributed by atoms with Crippen LogP contribution in [0.5, 0.6) is 0 Å². The maximum absolute atomic E-state index is 10.1. The van der Waals surface area contributed by atoms with Crippen molar-refractivity contribution in [1.82, 2.24) is 5.73 Å². The molecule has 0 aliphatic rings. The van der Waals surface area contributed by atoms with E-state index in [-0.39, 0.29) is 5.75 Å². The van der Waals surface area contributed by atoms with Crippen molar-refractivity contribution in [2.75, 3.05) is 17.4 Å². The highest BCUT2D eigenvalue weighted by Crippen LogP contribution is 1.98. The third-order valence-corrected chi connectivity index (χ3v) is 1.78. The Balaban J connectivity index is 3.05. The van der Waals surface area contributed by atoms with E-state index in [4.69, 9.17) is 17.3 Å². The maximum atomic E-state index is 10.1. The highest BCUT2D eigenvalue weighted by Gasteiger charge is 1.91. The Kier molecular flexibility index (Phi) is 6.86. The van der Waals surface area contributed by atoms with Crippen molar-refractivity contribution in [3.63, 3.8) is 0 Å². The zero-order chi connectivity index (χ0) is 7.82. The summed E-state index contributed by atoms with van der Waals surface area (Å²) in [7, 11) is 0. The van der Waals surface area contributed by atoms with Crippen LogP contribution in [0.4, 0.5) is 0 Å². The Morgan fingerprint density at radius 3 is 2.80 bits per heavy atom.